The molecule has 4 heterocycles. The Bertz CT molecular complexity index is 1160. The first kappa shape index (κ1) is 18.1. The molecule has 9 heteroatoms. The molecular formula is C18H17N5OS3. The van der Waals surface area contributed by atoms with E-state index < -0.39 is 0 Å². The number of aromatic amines is 1. The quantitative estimate of drug-likeness (QED) is 0.366. The van der Waals surface area contributed by atoms with Gasteiger partial charge in [-0.05, 0) is 25.3 Å². The van der Waals surface area contributed by atoms with Gasteiger partial charge in [0.05, 0.1) is 10.6 Å². The Hall–Kier alpha value is -2.23. The normalized spacial score (nSPS) is 12.5. The van der Waals surface area contributed by atoms with Crippen LogP contribution in [0.2, 0.25) is 0 Å². The molecule has 4 aromatic heterocycles. The molecule has 0 aliphatic carbocycles. The highest BCUT2D eigenvalue weighted by atomic mass is 32.2. The topological polar surface area (TPSA) is 76.5 Å². The van der Waals surface area contributed by atoms with E-state index in [0.29, 0.717) is 17.8 Å². The fourth-order valence-electron chi connectivity index (χ4n) is 2.77. The molecule has 0 aliphatic rings. The number of nitrogens with zero attached hydrogens (tertiary/aromatic N) is 4. The van der Waals surface area contributed by atoms with Crippen LogP contribution in [0.4, 0.5) is 0 Å². The highest BCUT2D eigenvalue weighted by Gasteiger charge is 2.19. The van der Waals surface area contributed by atoms with E-state index in [4.69, 9.17) is 4.98 Å². The lowest BCUT2D eigenvalue weighted by Gasteiger charge is -2.11. The molecule has 0 fully saturated rings. The van der Waals surface area contributed by atoms with Crippen molar-refractivity contribution in [1.29, 1.82) is 0 Å². The summed E-state index contributed by atoms with van der Waals surface area (Å²) in [7, 11) is 0. The zero-order valence-electron chi connectivity index (χ0n) is 14.8. The number of aryl methyl sites for hydroxylation is 1. The third kappa shape index (κ3) is 3.38. The van der Waals surface area contributed by atoms with Gasteiger partial charge in [-0.2, -0.15) is 0 Å². The molecule has 1 N–H and O–H groups in total. The van der Waals surface area contributed by atoms with Crippen molar-refractivity contribution in [1.82, 2.24) is 24.7 Å². The van der Waals surface area contributed by atoms with Crippen LogP contribution in [0, 0.1) is 6.92 Å². The van der Waals surface area contributed by atoms with Crippen LogP contribution in [-0.2, 0) is 6.54 Å². The highest BCUT2D eigenvalue weighted by molar-refractivity contribution is 7.99. The summed E-state index contributed by atoms with van der Waals surface area (Å²) in [4.78, 5) is 22.3. The van der Waals surface area contributed by atoms with Crippen LogP contribution in [0.15, 0.2) is 45.5 Å². The Labute approximate surface area is 168 Å². The van der Waals surface area contributed by atoms with Gasteiger partial charge in [0, 0.05) is 22.4 Å². The van der Waals surface area contributed by atoms with E-state index in [1.54, 1.807) is 11.3 Å². The Balaban J connectivity index is 1.68. The van der Waals surface area contributed by atoms with Gasteiger partial charge in [0.15, 0.2) is 5.16 Å². The number of thioether (sulfide) groups is 1. The SMILES string of the molecule is C=CCn1c(C)nnc1SC(C)c1nc2scc(-c3cccs3)c2c(=O)[nH]1. The van der Waals surface area contributed by atoms with Crippen LogP contribution >= 0.6 is 34.4 Å². The zero-order chi connectivity index (χ0) is 19.0. The predicted molar refractivity (Wildman–Crippen MR) is 113 cm³/mol. The molecular weight excluding hydrogens is 398 g/mol. The first-order valence-corrected chi connectivity index (χ1v) is 10.9. The highest BCUT2D eigenvalue weighted by Crippen LogP contribution is 2.36. The van der Waals surface area contributed by atoms with Crippen molar-refractivity contribution < 1.29 is 0 Å². The van der Waals surface area contributed by atoms with E-state index in [0.717, 1.165) is 26.3 Å². The van der Waals surface area contributed by atoms with Gasteiger partial charge in [0.1, 0.15) is 16.5 Å². The fourth-order valence-corrected chi connectivity index (χ4v) is 5.50. The number of fused-ring (bicyclic) bond motifs is 1. The van der Waals surface area contributed by atoms with Gasteiger partial charge >= 0.3 is 0 Å². The van der Waals surface area contributed by atoms with Crippen molar-refractivity contribution >= 4 is 44.7 Å². The van der Waals surface area contributed by atoms with E-state index in [2.05, 4.69) is 21.8 Å². The molecule has 0 radical (unpaired) electrons. The fraction of sp³-hybridized carbons (Fsp3) is 0.222. The molecule has 6 nitrogen and oxygen atoms in total. The summed E-state index contributed by atoms with van der Waals surface area (Å²) in [5.74, 6) is 1.48. The summed E-state index contributed by atoms with van der Waals surface area (Å²) in [6, 6.07) is 4.01. The average molecular weight is 416 g/mol. The molecule has 0 saturated heterocycles. The van der Waals surface area contributed by atoms with Gasteiger partial charge in [-0.3, -0.25) is 4.79 Å². The minimum absolute atomic E-state index is 0.0680. The molecule has 0 saturated carbocycles. The van der Waals surface area contributed by atoms with Crippen molar-refractivity contribution in [3.8, 4) is 10.4 Å². The van der Waals surface area contributed by atoms with E-state index in [1.165, 1.54) is 23.1 Å². The number of hydrogen-bond donors (Lipinski definition) is 1. The van der Waals surface area contributed by atoms with Crippen LogP contribution in [0.5, 0.6) is 0 Å². The summed E-state index contributed by atoms with van der Waals surface area (Å²) in [6.45, 7) is 8.34. The van der Waals surface area contributed by atoms with Crippen molar-refractivity contribution in [3.05, 3.63) is 57.6 Å². The van der Waals surface area contributed by atoms with E-state index in [9.17, 15) is 4.79 Å². The standard InChI is InChI=1S/C18H17N5OS3/c1-4-7-23-11(3)21-22-18(23)27-10(2)15-19-16(24)14-12(9-26-17(14)20-15)13-6-5-8-25-13/h4-6,8-10H,1,7H2,2-3H3,(H,19,20,24). The average Bonchev–Trinajstić information content (AvgIpc) is 3.37. The Morgan fingerprint density at radius 3 is 3.00 bits per heavy atom. The maximum absolute atomic E-state index is 12.8. The molecule has 0 spiro atoms. The third-order valence-corrected chi connectivity index (χ3v) is 6.99. The summed E-state index contributed by atoms with van der Waals surface area (Å²) in [5.41, 5.74) is 0.850. The summed E-state index contributed by atoms with van der Waals surface area (Å²) < 4.78 is 1.99. The van der Waals surface area contributed by atoms with Gasteiger partial charge in [0.2, 0.25) is 0 Å². The molecule has 138 valence electrons. The molecule has 4 rings (SSSR count). The second-order valence-corrected chi connectivity index (χ2v) is 9.06. The van der Waals surface area contributed by atoms with Gasteiger partial charge in [0.25, 0.3) is 5.56 Å². The number of hydrogen-bond acceptors (Lipinski definition) is 7. The van der Waals surface area contributed by atoms with E-state index >= 15 is 0 Å². The monoisotopic (exact) mass is 415 g/mol. The van der Waals surface area contributed by atoms with Crippen molar-refractivity contribution in [3.63, 3.8) is 0 Å². The van der Waals surface area contributed by atoms with Crippen LogP contribution in [0.25, 0.3) is 20.7 Å². The Morgan fingerprint density at radius 2 is 2.26 bits per heavy atom. The summed E-state index contributed by atoms with van der Waals surface area (Å²) in [5, 5.41) is 13.8. The molecule has 1 atom stereocenters. The summed E-state index contributed by atoms with van der Waals surface area (Å²) in [6.07, 6.45) is 1.81. The number of allylic oxidation sites excluding steroid dienone is 1. The zero-order valence-corrected chi connectivity index (χ0v) is 17.2. The van der Waals surface area contributed by atoms with Crippen molar-refractivity contribution in [2.75, 3.05) is 0 Å². The molecule has 0 aliphatic heterocycles. The molecule has 0 aromatic carbocycles. The molecule has 4 aromatic rings. The largest absolute Gasteiger partial charge is 0.309 e. The molecule has 1 unspecified atom stereocenters. The Kier molecular flexibility index (Phi) is 4.98. The second kappa shape index (κ2) is 7.41. The number of aromatic nitrogens is 5. The Morgan fingerprint density at radius 1 is 1.41 bits per heavy atom. The lowest BCUT2D eigenvalue weighted by molar-refractivity contribution is 0.701. The van der Waals surface area contributed by atoms with Gasteiger partial charge in [-0.1, -0.05) is 23.9 Å². The predicted octanol–water partition coefficient (Wildman–Crippen LogP) is 4.65. The number of rotatable bonds is 6. The minimum atomic E-state index is -0.101. The number of thiophene rings is 2. The molecule has 27 heavy (non-hydrogen) atoms. The van der Waals surface area contributed by atoms with Gasteiger partial charge in [-0.25, -0.2) is 4.98 Å². The first-order chi connectivity index (χ1) is 13.1. The van der Waals surface area contributed by atoms with Crippen molar-refractivity contribution in [2.45, 2.75) is 30.8 Å². The maximum atomic E-state index is 12.8. The van der Waals surface area contributed by atoms with Gasteiger partial charge < -0.3 is 9.55 Å². The van der Waals surface area contributed by atoms with E-state index in [1.807, 2.05) is 47.4 Å². The summed E-state index contributed by atoms with van der Waals surface area (Å²) >= 11 is 4.64. The molecule has 0 bridgehead atoms. The second-order valence-electron chi connectivity index (χ2n) is 5.95. The van der Waals surface area contributed by atoms with Crippen LogP contribution < -0.4 is 5.56 Å². The van der Waals surface area contributed by atoms with E-state index in [-0.39, 0.29) is 10.8 Å². The van der Waals surface area contributed by atoms with Crippen LogP contribution in [0.1, 0.15) is 23.8 Å². The lowest BCUT2D eigenvalue weighted by Crippen LogP contribution is -2.12. The van der Waals surface area contributed by atoms with Gasteiger partial charge in [-0.15, -0.1) is 39.4 Å². The van der Waals surface area contributed by atoms with Crippen LogP contribution in [-0.4, -0.2) is 24.7 Å². The van der Waals surface area contributed by atoms with Crippen molar-refractivity contribution in [2.24, 2.45) is 0 Å². The first-order valence-electron chi connectivity index (χ1n) is 8.31. The third-order valence-electron chi connectivity index (χ3n) is 4.13. The lowest BCUT2D eigenvalue weighted by atomic mass is 10.2. The smallest absolute Gasteiger partial charge is 0.260 e. The number of H-pyrrole nitrogens is 1. The number of nitrogens with one attached hydrogen (secondary N) is 1. The molecule has 0 amide bonds. The maximum Gasteiger partial charge on any atom is 0.260 e. The minimum Gasteiger partial charge on any atom is -0.309 e. The van der Waals surface area contributed by atoms with Crippen LogP contribution in [0.3, 0.4) is 0 Å².